The molecule has 25 heavy (non-hydrogen) atoms. The monoisotopic (exact) mass is 374 g/mol. The molecule has 0 bridgehead atoms. The minimum Gasteiger partial charge on any atom is -0.354 e. The van der Waals surface area contributed by atoms with Crippen LogP contribution in [0, 0.1) is 0 Å². The SMILES string of the molecule is O=C(CSCc1ccccc1)NCCN1CCC(c2cccs2)CC1. The van der Waals surface area contributed by atoms with Gasteiger partial charge in [0, 0.05) is 23.7 Å². The summed E-state index contributed by atoms with van der Waals surface area (Å²) in [5, 5.41) is 5.23. The number of thiophene rings is 1. The first-order valence-corrected chi connectivity index (χ1v) is 11.0. The van der Waals surface area contributed by atoms with Crippen molar-refractivity contribution >= 4 is 29.0 Å². The topological polar surface area (TPSA) is 32.3 Å². The Bertz CT molecular complexity index is 622. The van der Waals surface area contributed by atoms with Crippen LogP contribution in [0.3, 0.4) is 0 Å². The zero-order valence-electron chi connectivity index (χ0n) is 14.5. The van der Waals surface area contributed by atoms with Crippen LogP contribution in [0.15, 0.2) is 47.8 Å². The fraction of sp³-hybridized carbons (Fsp3) is 0.450. The molecule has 0 spiro atoms. The molecule has 1 fully saturated rings. The van der Waals surface area contributed by atoms with Gasteiger partial charge in [-0.05, 0) is 48.9 Å². The lowest BCUT2D eigenvalue weighted by atomic mass is 9.95. The summed E-state index contributed by atoms with van der Waals surface area (Å²) in [6.07, 6.45) is 2.47. The highest BCUT2D eigenvalue weighted by Crippen LogP contribution is 2.30. The van der Waals surface area contributed by atoms with E-state index in [9.17, 15) is 4.79 Å². The van der Waals surface area contributed by atoms with Crippen LogP contribution in [0.25, 0.3) is 0 Å². The first-order valence-electron chi connectivity index (χ1n) is 8.95. The summed E-state index contributed by atoms with van der Waals surface area (Å²) in [6.45, 7) is 4.00. The number of carbonyl (C=O) groups excluding carboxylic acids is 1. The lowest BCUT2D eigenvalue weighted by Crippen LogP contribution is -2.39. The van der Waals surface area contributed by atoms with Crippen molar-refractivity contribution in [2.75, 3.05) is 31.9 Å². The van der Waals surface area contributed by atoms with E-state index in [1.54, 1.807) is 11.8 Å². The van der Waals surface area contributed by atoms with Gasteiger partial charge >= 0.3 is 0 Å². The molecule has 2 aromatic rings. The maximum Gasteiger partial charge on any atom is 0.230 e. The number of hydrogen-bond donors (Lipinski definition) is 1. The molecule has 1 aromatic carbocycles. The number of hydrogen-bond acceptors (Lipinski definition) is 4. The largest absolute Gasteiger partial charge is 0.354 e. The second-order valence-corrected chi connectivity index (χ2v) is 8.42. The Morgan fingerprint density at radius 1 is 1.16 bits per heavy atom. The van der Waals surface area contributed by atoms with E-state index in [2.05, 4.69) is 39.9 Å². The third kappa shape index (κ3) is 6.17. The fourth-order valence-electron chi connectivity index (χ4n) is 3.20. The van der Waals surface area contributed by atoms with Crippen molar-refractivity contribution in [1.29, 1.82) is 0 Å². The van der Waals surface area contributed by atoms with Crippen LogP contribution in [-0.4, -0.2) is 42.7 Å². The van der Waals surface area contributed by atoms with E-state index in [1.807, 2.05) is 29.5 Å². The minimum absolute atomic E-state index is 0.148. The summed E-state index contributed by atoms with van der Waals surface area (Å²) in [4.78, 5) is 15.9. The first kappa shape index (κ1) is 18.5. The van der Waals surface area contributed by atoms with Crippen molar-refractivity contribution in [1.82, 2.24) is 10.2 Å². The van der Waals surface area contributed by atoms with Gasteiger partial charge in [0.2, 0.25) is 5.91 Å². The highest BCUT2D eigenvalue weighted by Gasteiger charge is 2.20. The van der Waals surface area contributed by atoms with E-state index >= 15 is 0 Å². The van der Waals surface area contributed by atoms with Gasteiger partial charge in [0.05, 0.1) is 5.75 Å². The Labute approximate surface area is 158 Å². The average Bonchev–Trinajstić information content (AvgIpc) is 3.18. The Balaban J connectivity index is 1.25. The van der Waals surface area contributed by atoms with E-state index in [0.717, 1.165) is 37.8 Å². The standard InChI is InChI=1S/C20H26N2OS2/c23-20(16-24-15-17-5-2-1-3-6-17)21-10-13-22-11-8-18(9-12-22)19-7-4-14-25-19/h1-7,14,18H,8-13,15-16H2,(H,21,23). The van der Waals surface area contributed by atoms with Gasteiger partial charge in [-0.3, -0.25) is 4.79 Å². The molecular weight excluding hydrogens is 348 g/mol. The molecule has 0 unspecified atom stereocenters. The molecule has 1 saturated heterocycles. The van der Waals surface area contributed by atoms with Gasteiger partial charge in [0.1, 0.15) is 0 Å². The summed E-state index contributed by atoms with van der Waals surface area (Å²) in [7, 11) is 0. The number of carbonyl (C=O) groups is 1. The quantitative estimate of drug-likeness (QED) is 0.759. The van der Waals surface area contributed by atoms with Crippen molar-refractivity contribution in [3.63, 3.8) is 0 Å². The van der Waals surface area contributed by atoms with Crippen molar-refractivity contribution < 1.29 is 4.79 Å². The van der Waals surface area contributed by atoms with E-state index in [0.29, 0.717) is 5.75 Å². The molecule has 3 nitrogen and oxygen atoms in total. The maximum atomic E-state index is 11.9. The Hall–Kier alpha value is -1.30. The predicted molar refractivity (Wildman–Crippen MR) is 108 cm³/mol. The van der Waals surface area contributed by atoms with Crippen LogP contribution >= 0.6 is 23.1 Å². The lowest BCUT2D eigenvalue weighted by Gasteiger charge is -2.31. The lowest BCUT2D eigenvalue weighted by molar-refractivity contribution is -0.118. The molecule has 134 valence electrons. The summed E-state index contributed by atoms with van der Waals surface area (Å²) in [5.74, 6) is 2.31. The number of nitrogens with one attached hydrogen (secondary N) is 1. The highest BCUT2D eigenvalue weighted by molar-refractivity contribution is 7.99. The third-order valence-corrected chi connectivity index (χ3v) is 6.67. The molecule has 0 radical (unpaired) electrons. The van der Waals surface area contributed by atoms with E-state index in [-0.39, 0.29) is 5.91 Å². The molecular formula is C20H26N2OS2. The molecule has 0 atom stereocenters. The Kier molecular flexibility index (Phi) is 7.39. The molecule has 1 amide bonds. The van der Waals surface area contributed by atoms with Crippen LogP contribution in [0.1, 0.15) is 29.2 Å². The van der Waals surface area contributed by atoms with Gasteiger partial charge in [0.25, 0.3) is 0 Å². The number of piperidine rings is 1. The summed E-state index contributed by atoms with van der Waals surface area (Å²) < 4.78 is 0. The molecule has 1 N–H and O–H groups in total. The Morgan fingerprint density at radius 3 is 2.68 bits per heavy atom. The normalized spacial score (nSPS) is 16.0. The van der Waals surface area contributed by atoms with Gasteiger partial charge in [0.15, 0.2) is 0 Å². The predicted octanol–water partition coefficient (Wildman–Crippen LogP) is 3.98. The zero-order valence-corrected chi connectivity index (χ0v) is 16.2. The van der Waals surface area contributed by atoms with E-state index in [4.69, 9.17) is 0 Å². The minimum atomic E-state index is 0.148. The molecule has 5 heteroatoms. The van der Waals surface area contributed by atoms with Gasteiger partial charge in [-0.2, -0.15) is 0 Å². The number of rotatable bonds is 8. The van der Waals surface area contributed by atoms with Crippen molar-refractivity contribution in [3.05, 3.63) is 58.3 Å². The van der Waals surface area contributed by atoms with Crippen LogP contribution in [0.4, 0.5) is 0 Å². The number of nitrogens with zero attached hydrogens (tertiary/aromatic N) is 1. The van der Waals surface area contributed by atoms with Crippen LogP contribution in [0.5, 0.6) is 0 Å². The van der Waals surface area contributed by atoms with Crippen LogP contribution in [-0.2, 0) is 10.5 Å². The third-order valence-electron chi connectivity index (χ3n) is 4.63. The average molecular weight is 375 g/mol. The maximum absolute atomic E-state index is 11.9. The van der Waals surface area contributed by atoms with E-state index < -0.39 is 0 Å². The molecule has 3 rings (SSSR count). The smallest absolute Gasteiger partial charge is 0.230 e. The van der Waals surface area contributed by atoms with Gasteiger partial charge in [-0.1, -0.05) is 36.4 Å². The van der Waals surface area contributed by atoms with Gasteiger partial charge in [-0.25, -0.2) is 0 Å². The van der Waals surface area contributed by atoms with Crippen LogP contribution < -0.4 is 5.32 Å². The molecule has 0 saturated carbocycles. The number of benzene rings is 1. The number of amides is 1. The van der Waals surface area contributed by atoms with Gasteiger partial charge < -0.3 is 10.2 Å². The van der Waals surface area contributed by atoms with E-state index in [1.165, 1.54) is 23.3 Å². The molecule has 1 aliphatic heterocycles. The molecule has 0 aliphatic carbocycles. The molecule has 1 aromatic heterocycles. The second kappa shape index (κ2) is 10.00. The zero-order chi connectivity index (χ0) is 17.3. The highest BCUT2D eigenvalue weighted by atomic mass is 32.2. The molecule has 1 aliphatic rings. The Morgan fingerprint density at radius 2 is 1.96 bits per heavy atom. The summed E-state index contributed by atoms with van der Waals surface area (Å²) in [6, 6.07) is 14.7. The van der Waals surface area contributed by atoms with Crippen molar-refractivity contribution in [3.8, 4) is 0 Å². The van der Waals surface area contributed by atoms with Crippen LogP contribution in [0.2, 0.25) is 0 Å². The summed E-state index contributed by atoms with van der Waals surface area (Å²) in [5.41, 5.74) is 1.27. The van der Waals surface area contributed by atoms with Crippen molar-refractivity contribution in [2.45, 2.75) is 24.5 Å². The first-order chi connectivity index (χ1) is 12.3. The number of thioether (sulfide) groups is 1. The second-order valence-electron chi connectivity index (χ2n) is 6.46. The summed E-state index contributed by atoms with van der Waals surface area (Å²) >= 11 is 3.56. The molecule has 2 heterocycles. The van der Waals surface area contributed by atoms with Gasteiger partial charge in [-0.15, -0.1) is 23.1 Å². The fourth-order valence-corrected chi connectivity index (χ4v) is 4.92. The number of likely N-dealkylation sites (tertiary alicyclic amines) is 1. The van der Waals surface area contributed by atoms with Crippen molar-refractivity contribution in [2.24, 2.45) is 0 Å².